The molecule has 0 aliphatic carbocycles. The zero-order chi connectivity index (χ0) is 12.3. The molecular weight excluding hydrogens is 234 g/mol. The predicted molar refractivity (Wildman–Crippen MR) is 70.3 cm³/mol. The molecule has 4 nitrogen and oxygen atoms in total. The normalized spacial score (nSPS) is 25.1. The smallest absolute Gasteiger partial charge is 0.0666 e. The zero-order valence-electron chi connectivity index (χ0n) is 10.6. The summed E-state index contributed by atoms with van der Waals surface area (Å²) >= 11 is 0. The van der Waals surface area contributed by atoms with Crippen molar-refractivity contribution in [2.45, 2.75) is 38.8 Å². The van der Waals surface area contributed by atoms with Crippen molar-refractivity contribution >= 4 is 10.8 Å². The molecular formula is C12H21N3OS. The molecule has 1 aromatic heterocycles. The van der Waals surface area contributed by atoms with E-state index in [2.05, 4.69) is 23.5 Å². The number of aromatic nitrogens is 2. The fourth-order valence-corrected chi connectivity index (χ4v) is 3.58. The molecule has 1 aliphatic heterocycles. The van der Waals surface area contributed by atoms with Gasteiger partial charge in [0.1, 0.15) is 0 Å². The fraction of sp³-hybridized carbons (Fsp3) is 0.750. The van der Waals surface area contributed by atoms with Crippen molar-refractivity contribution in [3.05, 3.63) is 17.5 Å². The summed E-state index contributed by atoms with van der Waals surface area (Å²) in [4.78, 5) is 0. The van der Waals surface area contributed by atoms with Gasteiger partial charge < -0.3 is 5.32 Å². The van der Waals surface area contributed by atoms with Gasteiger partial charge in [0.15, 0.2) is 0 Å². The maximum atomic E-state index is 11.3. The molecule has 0 amide bonds. The maximum absolute atomic E-state index is 11.3. The van der Waals surface area contributed by atoms with Gasteiger partial charge >= 0.3 is 0 Å². The van der Waals surface area contributed by atoms with Crippen LogP contribution in [0.2, 0.25) is 0 Å². The molecule has 0 unspecified atom stereocenters. The van der Waals surface area contributed by atoms with E-state index in [0.29, 0.717) is 6.04 Å². The van der Waals surface area contributed by atoms with E-state index in [1.165, 1.54) is 11.3 Å². The van der Waals surface area contributed by atoms with Gasteiger partial charge in [0.2, 0.25) is 0 Å². The Hall–Kier alpha value is -0.680. The first-order chi connectivity index (χ1) is 8.19. The third-order valence-corrected chi connectivity index (χ3v) is 4.68. The molecule has 1 saturated heterocycles. The lowest BCUT2D eigenvalue weighted by Crippen LogP contribution is -2.35. The highest BCUT2D eigenvalue weighted by atomic mass is 32.2. The number of nitrogens with zero attached hydrogens (tertiary/aromatic N) is 2. The summed E-state index contributed by atoms with van der Waals surface area (Å²) in [7, 11) is 1.40. The number of rotatable bonds is 4. The van der Waals surface area contributed by atoms with E-state index in [1.54, 1.807) is 0 Å². The van der Waals surface area contributed by atoms with E-state index in [1.807, 2.05) is 11.7 Å². The molecule has 1 aliphatic rings. The average Bonchev–Trinajstić information content (AvgIpc) is 2.69. The molecule has 1 N–H and O–H groups in total. The summed E-state index contributed by atoms with van der Waals surface area (Å²) in [5.41, 5.74) is 2.47. The summed E-state index contributed by atoms with van der Waals surface area (Å²) in [6.45, 7) is 3.02. The quantitative estimate of drug-likeness (QED) is 0.872. The lowest BCUT2D eigenvalue weighted by atomic mass is 10.1. The van der Waals surface area contributed by atoms with Crippen LogP contribution in [0.25, 0.3) is 0 Å². The van der Waals surface area contributed by atoms with E-state index in [4.69, 9.17) is 0 Å². The second kappa shape index (κ2) is 5.78. The van der Waals surface area contributed by atoms with E-state index >= 15 is 0 Å². The van der Waals surface area contributed by atoms with Gasteiger partial charge in [0.25, 0.3) is 0 Å². The van der Waals surface area contributed by atoms with Gasteiger partial charge in [-0.25, -0.2) is 0 Å². The number of hydrogen-bond donors (Lipinski definition) is 1. The van der Waals surface area contributed by atoms with Gasteiger partial charge in [-0.2, -0.15) is 5.10 Å². The Kier molecular flexibility index (Phi) is 4.34. The van der Waals surface area contributed by atoms with Gasteiger partial charge in [-0.1, -0.05) is 6.92 Å². The van der Waals surface area contributed by atoms with Crippen LogP contribution in [0.1, 0.15) is 31.0 Å². The minimum Gasteiger partial charge on any atom is -0.310 e. The topological polar surface area (TPSA) is 46.9 Å². The van der Waals surface area contributed by atoms with Crippen molar-refractivity contribution in [1.82, 2.24) is 15.1 Å². The molecule has 96 valence electrons. The average molecular weight is 255 g/mol. The first-order valence-electron chi connectivity index (χ1n) is 6.28. The van der Waals surface area contributed by atoms with Crippen LogP contribution in [0.4, 0.5) is 0 Å². The molecule has 0 saturated carbocycles. The van der Waals surface area contributed by atoms with Crippen LogP contribution in [-0.4, -0.2) is 31.5 Å². The second-order valence-corrected chi connectivity index (χ2v) is 6.33. The third kappa shape index (κ3) is 3.39. The summed E-state index contributed by atoms with van der Waals surface area (Å²) in [6.07, 6.45) is 5.14. The van der Waals surface area contributed by atoms with E-state index in [-0.39, 0.29) is 0 Å². The molecule has 1 aromatic rings. The highest BCUT2D eigenvalue weighted by Gasteiger charge is 2.17. The van der Waals surface area contributed by atoms with E-state index < -0.39 is 10.8 Å². The Bertz CT molecular complexity index is 392. The molecule has 0 radical (unpaired) electrons. The summed E-state index contributed by atoms with van der Waals surface area (Å²) in [5.74, 6) is 1.71. The maximum Gasteiger partial charge on any atom is 0.0666 e. The van der Waals surface area contributed by atoms with Crippen LogP contribution in [0.5, 0.6) is 0 Å². The highest BCUT2D eigenvalue weighted by molar-refractivity contribution is 7.85. The number of nitrogens with one attached hydrogen (secondary N) is 1. The van der Waals surface area contributed by atoms with Gasteiger partial charge in [-0.05, 0) is 19.3 Å². The van der Waals surface area contributed by atoms with E-state index in [9.17, 15) is 4.21 Å². The molecule has 0 aromatic carbocycles. The number of hydrogen-bond acceptors (Lipinski definition) is 3. The van der Waals surface area contributed by atoms with Crippen molar-refractivity contribution in [1.29, 1.82) is 0 Å². The summed E-state index contributed by atoms with van der Waals surface area (Å²) < 4.78 is 13.1. The lowest BCUT2D eigenvalue weighted by Gasteiger charge is -2.22. The van der Waals surface area contributed by atoms with Crippen molar-refractivity contribution in [2.75, 3.05) is 11.5 Å². The molecule has 0 bridgehead atoms. The Morgan fingerprint density at radius 3 is 2.88 bits per heavy atom. The predicted octanol–water partition coefficient (Wildman–Crippen LogP) is 0.983. The molecule has 5 heteroatoms. The first kappa shape index (κ1) is 12.8. The molecule has 0 spiro atoms. The van der Waals surface area contributed by atoms with Gasteiger partial charge in [0.05, 0.1) is 5.69 Å². The van der Waals surface area contributed by atoms with Crippen molar-refractivity contribution in [3.63, 3.8) is 0 Å². The highest BCUT2D eigenvalue weighted by Crippen LogP contribution is 2.12. The number of aryl methyl sites for hydroxylation is 2. The molecule has 17 heavy (non-hydrogen) atoms. The van der Waals surface area contributed by atoms with Crippen LogP contribution in [0.3, 0.4) is 0 Å². The van der Waals surface area contributed by atoms with Crippen molar-refractivity contribution in [2.24, 2.45) is 7.05 Å². The van der Waals surface area contributed by atoms with Crippen LogP contribution < -0.4 is 5.32 Å². The summed E-state index contributed by atoms with van der Waals surface area (Å²) in [6, 6.07) is 0.526. The first-order valence-corrected chi connectivity index (χ1v) is 7.77. The third-order valence-electron chi connectivity index (χ3n) is 3.30. The molecule has 0 atom stereocenters. The van der Waals surface area contributed by atoms with Crippen LogP contribution in [0.15, 0.2) is 6.20 Å². The van der Waals surface area contributed by atoms with Gasteiger partial charge in [0, 0.05) is 53.7 Å². The Morgan fingerprint density at radius 1 is 1.53 bits per heavy atom. The van der Waals surface area contributed by atoms with Crippen LogP contribution >= 0.6 is 0 Å². The SMILES string of the molecule is CCc1nn(C)cc1CNC1CCS(=O)CC1. The lowest BCUT2D eigenvalue weighted by molar-refractivity contribution is 0.474. The van der Waals surface area contributed by atoms with Crippen molar-refractivity contribution in [3.8, 4) is 0 Å². The standard InChI is InChI=1S/C12H21N3OS/c1-3-12-10(9-15(2)14-12)8-13-11-4-6-17(16)7-5-11/h9,11,13H,3-8H2,1-2H3. The molecule has 2 rings (SSSR count). The van der Waals surface area contributed by atoms with Crippen LogP contribution in [-0.2, 0) is 30.8 Å². The Labute approximate surface area is 105 Å². The van der Waals surface area contributed by atoms with Gasteiger partial charge in [-0.15, -0.1) is 0 Å². The minimum atomic E-state index is -0.567. The van der Waals surface area contributed by atoms with Crippen LogP contribution in [0, 0.1) is 0 Å². The molecule has 1 fully saturated rings. The monoisotopic (exact) mass is 255 g/mol. The fourth-order valence-electron chi connectivity index (χ4n) is 2.28. The molecule has 2 heterocycles. The van der Waals surface area contributed by atoms with E-state index in [0.717, 1.165) is 37.3 Å². The second-order valence-electron chi connectivity index (χ2n) is 4.63. The largest absolute Gasteiger partial charge is 0.310 e. The summed E-state index contributed by atoms with van der Waals surface area (Å²) in [5, 5.41) is 7.99. The Morgan fingerprint density at radius 2 is 2.24 bits per heavy atom. The Balaban J connectivity index is 1.86. The zero-order valence-corrected chi connectivity index (χ0v) is 11.4. The van der Waals surface area contributed by atoms with Gasteiger partial charge in [-0.3, -0.25) is 8.89 Å². The van der Waals surface area contributed by atoms with Crippen molar-refractivity contribution < 1.29 is 4.21 Å². The minimum absolute atomic E-state index is 0.526.